The van der Waals surface area contributed by atoms with Crippen LogP contribution >= 0.6 is 0 Å². The average molecular weight is 302 g/mol. The van der Waals surface area contributed by atoms with Crippen LogP contribution in [0, 0.1) is 34.5 Å². The third kappa shape index (κ3) is 3.82. The molecule has 3 atom stereocenters. The van der Waals surface area contributed by atoms with Gasteiger partial charge in [-0.1, -0.05) is 37.3 Å². The summed E-state index contributed by atoms with van der Waals surface area (Å²) in [6, 6.07) is 0. The van der Waals surface area contributed by atoms with Gasteiger partial charge >= 0.3 is 0 Å². The Morgan fingerprint density at radius 3 is 2.86 bits per heavy atom. The largest absolute Gasteiger partial charge is 0.368 e. The Kier molecular flexibility index (Phi) is 5.17. The maximum Gasteiger partial charge on any atom is 0.137 e. The summed E-state index contributed by atoms with van der Waals surface area (Å²) in [5.41, 5.74) is 1.55. The molecular formula is C20H30O2. The molecule has 1 saturated carbocycles. The van der Waals surface area contributed by atoms with E-state index < -0.39 is 0 Å². The Bertz CT molecular complexity index is 512. The van der Waals surface area contributed by atoms with E-state index in [1.165, 1.54) is 5.57 Å². The molecule has 0 aromatic rings. The first-order valence-corrected chi connectivity index (χ1v) is 8.55. The summed E-state index contributed by atoms with van der Waals surface area (Å²) in [6.45, 7) is 12.0. The zero-order valence-electron chi connectivity index (χ0n) is 14.8. The SMILES string of the molecule is C[C@H](COCC#CC(C)(C)C)C1=CC[C@H]2C(=O)CCC[C@]12C. The van der Waals surface area contributed by atoms with Gasteiger partial charge in [-0.05, 0) is 45.4 Å². The molecule has 0 saturated heterocycles. The zero-order valence-corrected chi connectivity index (χ0v) is 14.8. The Balaban J connectivity index is 1.89. The first-order chi connectivity index (χ1) is 10.2. The Hall–Kier alpha value is -1.07. The Morgan fingerprint density at radius 2 is 2.18 bits per heavy atom. The van der Waals surface area contributed by atoms with Crippen LogP contribution in [0.1, 0.15) is 60.3 Å². The standard InChI is InChI=1S/C20H30O2/c1-15(14-22-13-7-11-19(2,3)4)16-9-10-17-18(21)8-6-12-20(16,17)5/h9,15,17H,6,8,10,12-14H2,1-5H3/t15-,17+,20-/m1/s1. The molecule has 0 radical (unpaired) electrons. The van der Waals surface area contributed by atoms with Crippen molar-refractivity contribution in [3.05, 3.63) is 11.6 Å². The normalized spacial score (nSPS) is 29.4. The maximum absolute atomic E-state index is 12.2. The predicted molar refractivity (Wildman–Crippen MR) is 90.4 cm³/mol. The Morgan fingerprint density at radius 1 is 1.45 bits per heavy atom. The molecule has 122 valence electrons. The van der Waals surface area contributed by atoms with Crippen LogP contribution in [0.3, 0.4) is 0 Å². The minimum absolute atomic E-state index is 0.0338. The van der Waals surface area contributed by atoms with Crippen LogP contribution in [-0.2, 0) is 9.53 Å². The highest BCUT2D eigenvalue weighted by Crippen LogP contribution is 2.53. The molecular weight excluding hydrogens is 272 g/mol. The van der Waals surface area contributed by atoms with E-state index in [9.17, 15) is 4.79 Å². The smallest absolute Gasteiger partial charge is 0.137 e. The first kappa shape index (κ1) is 17.3. The summed E-state index contributed by atoms with van der Waals surface area (Å²) >= 11 is 0. The predicted octanol–water partition coefficient (Wildman–Crippen LogP) is 4.39. The van der Waals surface area contributed by atoms with Crippen LogP contribution in [0.25, 0.3) is 0 Å². The minimum atomic E-state index is 0.0338. The fraction of sp³-hybridized carbons (Fsp3) is 0.750. The number of allylic oxidation sites excluding steroid dienone is 1. The van der Waals surface area contributed by atoms with Crippen molar-refractivity contribution < 1.29 is 9.53 Å². The van der Waals surface area contributed by atoms with Crippen molar-refractivity contribution in [3.8, 4) is 11.8 Å². The molecule has 0 spiro atoms. The van der Waals surface area contributed by atoms with Crippen molar-refractivity contribution in [3.63, 3.8) is 0 Å². The van der Waals surface area contributed by atoms with Gasteiger partial charge in [0.1, 0.15) is 12.4 Å². The lowest BCUT2D eigenvalue weighted by Crippen LogP contribution is -2.37. The number of carbonyl (C=O) groups is 1. The van der Waals surface area contributed by atoms with Crippen LogP contribution in [0.5, 0.6) is 0 Å². The van der Waals surface area contributed by atoms with Crippen molar-refractivity contribution in [2.75, 3.05) is 13.2 Å². The fourth-order valence-electron chi connectivity index (χ4n) is 3.99. The monoisotopic (exact) mass is 302 g/mol. The quantitative estimate of drug-likeness (QED) is 0.437. The molecule has 1 fully saturated rings. The molecule has 2 aliphatic carbocycles. The Labute approximate surface area is 135 Å². The fourth-order valence-corrected chi connectivity index (χ4v) is 3.99. The lowest BCUT2D eigenvalue weighted by molar-refractivity contribution is -0.128. The number of rotatable bonds is 4. The van der Waals surface area contributed by atoms with Crippen LogP contribution < -0.4 is 0 Å². The van der Waals surface area contributed by atoms with E-state index >= 15 is 0 Å². The van der Waals surface area contributed by atoms with Crippen molar-refractivity contribution in [2.45, 2.75) is 60.3 Å². The lowest BCUT2D eigenvalue weighted by atomic mass is 9.64. The molecule has 0 N–H and O–H groups in total. The van der Waals surface area contributed by atoms with Crippen molar-refractivity contribution in [2.24, 2.45) is 22.7 Å². The van der Waals surface area contributed by atoms with E-state index in [2.05, 4.69) is 52.5 Å². The van der Waals surface area contributed by atoms with Crippen molar-refractivity contribution >= 4 is 5.78 Å². The topological polar surface area (TPSA) is 26.3 Å². The summed E-state index contributed by atoms with van der Waals surface area (Å²) in [5.74, 6) is 7.34. The van der Waals surface area contributed by atoms with E-state index in [-0.39, 0.29) is 16.7 Å². The molecule has 0 aromatic heterocycles. The van der Waals surface area contributed by atoms with Gasteiger partial charge in [-0.15, -0.1) is 0 Å². The van der Waals surface area contributed by atoms with E-state index in [1.807, 2.05) is 0 Å². The molecule has 0 bridgehead atoms. The zero-order chi connectivity index (χ0) is 16.4. The minimum Gasteiger partial charge on any atom is -0.368 e. The van der Waals surface area contributed by atoms with Crippen LogP contribution in [0.4, 0.5) is 0 Å². The number of Topliss-reactive ketones (excluding diaryl/α,β-unsaturated/α-hetero) is 1. The number of fused-ring (bicyclic) bond motifs is 1. The number of ether oxygens (including phenoxy) is 1. The van der Waals surface area contributed by atoms with Gasteiger partial charge in [0, 0.05) is 23.7 Å². The van der Waals surface area contributed by atoms with Gasteiger partial charge in [0.15, 0.2) is 0 Å². The highest BCUT2D eigenvalue weighted by atomic mass is 16.5. The van der Waals surface area contributed by atoms with Gasteiger partial charge in [-0.2, -0.15) is 0 Å². The molecule has 22 heavy (non-hydrogen) atoms. The summed E-state index contributed by atoms with van der Waals surface area (Å²) in [7, 11) is 0. The average Bonchev–Trinajstić information content (AvgIpc) is 2.75. The number of carbonyl (C=O) groups excluding carboxylic acids is 1. The maximum atomic E-state index is 12.2. The third-order valence-corrected chi connectivity index (χ3v) is 5.05. The molecule has 0 heterocycles. The molecule has 0 unspecified atom stereocenters. The van der Waals surface area contributed by atoms with Gasteiger partial charge in [-0.25, -0.2) is 0 Å². The van der Waals surface area contributed by atoms with Gasteiger partial charge in [0.25, 0.3) is 0 Å². The molecule has 2 nitrogen and oxygen atoms in total. The number of hydrogen-bond acceptors (Lipinski definition) is 2. The first-order valence-electron chi connectivity index (χ1n) is 8.55. The summed E-state index contributed by atoms with van der Waals surface area (Å²) < 4.78 is 5.76. The molecule has 0 amide bonds. The third-order valence-electron chi connectivity index (χ3n) is 5.05. The van der Waals surface area contributed by atoms with Gasteiger partial charge in [-0.3, -0.25) is 4.79 Å². The summed E-state index contributed by atoms with van der Waals surface area (Å²) in [6.07, 6.45) is 6.19. The second-order valence-corrected chi connectivity index (χ2v) is 8.15. The van der Waals surface area contributed by atoms with E-state index in [1.54, 1.807) is 0 Å². The lowest BCUT2D eigenvalue weighted by Gasteiger charge is -2.39. The molecule has 0 aromatic carbocycles. The number of hydrogen-bond donors (Lipinski definition) is 0. The van der Waals surface area contributed by atoms with Gasteiger partial charge in [0.2, 0.25) is 0 Å². The van der Waals surface area contributed by atoms with Crippen molar-refractivity contribution in [1.82, 2.24) is 0 Å². The van der Waals surface area contributed by atoms with E-state index in [4.69, 9.17) is 4.74 Å². The molecule has 0 aliphatic heterocycles. The molecule has 2 aliphatic rings. The molecule has 2 heteroatoms. The van der Waals surface area contributed by atoms with Crippen LogP contribution in [-0.4, -0.2) is 19.0 Å². The highest BCUT2D eigenvalue weighted by Gasteiger charge is 2.47. The molecule has 2 rings (SSSR count). The number of ketones is 1. The van der Waals surface area contributed by atoms with Gasteiger partial charge < -0.3 is 4.74 Å². The van der Waals surface area contributed by atoms with E-state index in [0.717, 1.165) is 25.7 Å². The van der Waals surface area contributed by atoms with Crippen molar-refractivity contribution in [1.29, 1.82) is 0 Å². The summed E-state index contributed by atoms with van der Waals surface area (Å²) in [4.78, 5) is 12.2. The second-order valence-electron chi connectivity index (χ2n) is 8.15. The highest BCUT2D eigenvalue weighted by molar-refractivity contribution is 5.84. The van der Waals surface area contributed by atoms with Crippen LogP contribution in [0.2, 0.25) is 0 Å². The summed E-state index contributed by atoms with van der Waals surface area (Å²) in [5, 5.41) is 0. The second kappa shape index (κ2) is 6.59. The van der Waals surface area contributed by atoms with Gasteiger partial charge in [0.05, 0.1) is 6.61 Å². The van der Waals surface area contributed by atoms with E-state index in [0.29, 0.717) is 24.9 Å². The van der Waals surface area contributed by atoms with Crippen LogP contribution in [0.15, 0.2) is 11.6 Å².